The molecule has 0 amide bonds. The van der Waals surface area contributed by atoms with Crippen LogP contribution in [0.1, 0.15) is 0 Å². The summed E-state index contributed by atoms with van der Waals surface area (Å²) in [5.74, 6) is 0. The third kappa shape index (κ3) is 4.45. The van der Waals surface area contributed by atoms with Gasteiger partial charge < -0.3 is 0 Å². The van der Waals surface area contributed by atoms with Gasteiger partial charge in [0.1, 0.15) is 0 Å². The van der Waals surface area contributed by atoms with Crippen LogP contribution in [0.3, 0.4) is 0 Å². The van der Waals surface area contributed by atoms with Crippen molar-refractivity contribution in [3.63, 3.8) is 0 Å². The van der Waals surface area contributed by atoms with Gasteiger partial charge >= 0.3 is 0 Å². The van der Waals surface area contributed by atoms with Crippen molar-refractivity contribution in [3.8, 4) is 0 Å². The van der Waals surface area contributed by atoms with Crippen molar-refractivity contribution < 1.29 is 16.8 Å². The lowest BCUT2D eigenvalue weighted by molar-refractivity contribution is 0.584. The molecule has 4 nitrogen and oxygen atoms in total. The molecule has 6 rings (SSSR count). The molecule has 0 saturated carbocycles. The van der Waals surface area contributed by atoms with Gasteiger partial charge in [-0.1, -0.05) is 71.3 Å². The van der Waals surface area contributed by atoms with Crippen LogP contribution in [-0.4, -0.2) is 18.7 Å². The molecule has 2 heterocycles. The molecule has 0 aromatic heterocycles. The van der Waals surface area contributed by atoms with Gasteiger partial charge in [0.2, 0.25) is 19.7 Å². The van der Waals surface area contributed by atoms with E-state index in [0.29, 0.717) is 0 Å². The van der Waals surface area contributed by atoms with Crippen LogP contribution in [0.2, 0.25) is 0 Å². The lowest BCUT2D eigenvalue weighted by Crippen LogP contribution is -2.34. The quantitative estimate of drug-likeness (QED) is 0.167. The molecule has 12 heteroatoms. The molecule has 0 fully saturated rings. The molecular formula is C25H14Br2O4S6. The Labute approximate surface area is 248 Å². The third-order valence-corrected chi connectivity index (χ3v) is 20.2. The summed E-state index contributed by atoms with van der Waals surface area (Å²) in [7, 11) is -8.83. The topological polar surface area (TPSA) is 68.3 Å². The molecule has 0 N–H and O–H groups in total. The lowest BCUT2D eigenvalue weighted by Gasteiger charge is -2.24. The zero-order chi connectivity index (χ0) is 26.0. The molecule has 2 aliphatic heterocycles. The Balaban J connectivity index is 1.35. The molecule has 37 heavy (non-hydrogen) atoms. The summed E-state index contributed by atoms with van der Waals surface area (Å²) < 4.78 is 52.6. The maximum absolute atomic E-state index is 13.8. The smallest absolute Gasteiger partial charge is 0.220 e. The van der Waals surface area contributed by atoms with Crippen LogP contribution in [0, 0.1) is 0 Å². The van der Waals surface area contributed by atoms with Crippen LogP contribution in [0.25, 0.3) is 0 Å². The molecule has 0 radical (unpaired) electrons. The first-order valence-electron chi connectivity index (χ1n) is 10.6. The number of hydrogen-bond acceptors (Lipinski definition) is 8. The number of alkyl halides is 2. The highest BCUT2D eigenvalue weighted by atomic mass is 79.9. The van der Waals surface area contributed by atoms with E-state index in [1.165, 1.54) is 35.7 Å². The second-order valence-corrected chi connectivity index (χ2v) is 22.3. The minimum absolute atomic E-state index is 0.0899. The SMILES string of the molecule is O=S(=O)(c1ccc2c(c1)Sc1ccccc1S2)C(Br)(Br)S(=O)(=O)c1ccc2c(c1)Sc1ccccc1S2. The molecule has 2 aliphatic rings. The summed E-state index contributed by atoms with van der Waals surface area (Å²) in [5, 5.41) is 0. The summed E-state index contributed by atoms with van der Waals surface area (Å²) in [6.45, 7) is 0. The zero-order valence-electron chi connectivity index (χ0n) is 18.4. The third-order valence-electron chi connectivity index (χ3n) is 5.65. The summed E-state index contributed by atoms with van der Waals surface area (Å²) in [5.41, 5.74) is 0. The van der Waals surface area contributed by atoms with Gasteiger partial charge in [0.05, 0.1) is 9.79 Å². The molecule has 0 aliphatic carbocycles. The van der Waals surface area contributed by atoms with E-state index in [4.69, 9.17) is 0 Å². The van der Waals surface area contributed by atoms with E-state index < -0.39 is 21.6 Å². The zero-order valence-corrected chi connectivity index (χ0v) is 26.5. The van der Waals surface area contributed by atoms with Crippen molar-refractivity contribution in [1.29, 1.82) is 0 Å². The standard InChI is InChI=1S/C25H14Br2O4S6/c26-25(27,36(28,29)15-9-11-21-23(13-15)34-19-7-3-1-5-17(19)32-21)37(30,31)16-10-12-22-24(14-16)35-20-8-4-2-6-18(20)33-22/h1-14H. The van der Waals surface area contributed by atoms with Crippen LogP contribution < -0.4 is 0 Å². The molecule has 0 unspecified atom stereocenters. The summed E-state index contributed by atoms with van der Waals surface area (Å²) in [4.78, 5) is 7.43. The molecular weight excluding hydrogens is 716 g/mol. The molecule has 0 bridgehead atoms. The van der Waals surface area contributed by atoms with Crippen molar-refractivity contribution in [1.82, 2.24) is 0 Å². The first-order valence-corrected chi connectivity index (χ1v) is 18.4. The fourth-order valence-corrected chi connectivity index (χ4v) is 14.0. The van der Waals surface area contributed by atoms with Crippen molar-refractivity contribution in [2.45, 2.75) is 50.9 Å². The van der Waals surface area contributed by atoms with Crippen molar-refractivity contribution in [2.75, 3.05) is 0 Å². The van der Waals surface area contributed by atoms with E-state index >= 15 is 0 Å². The number of hydrogen-bond donors (Lipinski definition) is 0. The van der Waals surface area contributed by atoms with E-state index in [1.54, 1.807) is 47.8 Å². The van der Waals surface area contributed by atoms with Gasteiger partial charge in [0, 0.05) is 39.2 Å². The predicted molar refractivity (Wildman–Crippen MR) is 157 cm³/mol. The monoisotopic (exact) mass is 728 g/mol. The number of fused-ring (bicyclic) bond motifs is 4. The number of sulfone groups is 2. The normalized spacial score (nSPS) is 14.8. The molecule has 4 aromatic carbocycles. The van der Waals surface area contributed by atoms with Crippen LogP contribution >= 0.6 is 78.9 Å². The predicted octanol–water partition coefficient (Wildman–Crippen LogP) is 8.57. The summed E-state index contributed by atoms with van der Waals surface area (Å²) >= 11 is 12.2. The molecule has 188 valence electrons. The first kappa shape index (κ1) is 26.4. The van der Waals surface area contributed by atoms with Gasteiger partial charge in [-0.3, -0.25) is 0 Å². The Bertz CT molecular complexity index is 1670. The minimum Gasteiger partial charge on any atom is -0.220 e. The van der Waals surface area contributed by atoms with Crippen molar-refractivity contribution in [2.24, 2.45) is 0 Å². The van der Waals surface area contributed by atoms with Gasteiger partial charge in [-0.25, -0.2) is 16.8 Å². The summed E-state index contributed by atoms with van der Waals surface area (Å²) in [6.07, 6.45) is 0. The average Bonchev–Trinajstić information content (AvgIpc) is 2.89. The van der Waals surface area contributed by atoms with Crippen LogP contribution in [0.5, 0.6) is 0 Å². The Morgan fingerprint density at radius 2 is 0.757 bits per heavy atom. The van der Waals surface area contributed by atoms with E-state index in [-0.39, 0.29) is 9.79 Å². The Morgan fingerprint density at radius 3 is 1.11 bits per heavy atom. The van der Waals surface area contributed by atoms with Crippen LogP contribution in [0.4, 0.5) is 0 Å². The minimum atomic E-state index is -4.41. The fourth-order valence-electron chi connectivity index (χ4n) is 3.77. The lowest BCUT2D eigenvalue weighted by atomic mass is 10.3. The number of halogens is 2. The first-order chi connectivity index (χ1) is 17.6. The number of benzene rings is 4. The van der Waals surface area contributed by atoms with Gasteiger partial charge in [0.25, 0.3) is 1.90 Å². The molecule has 4 aromatic rings. The van der Waals surface area contributed by atoms with Crippen LogP contribution in [0.15, 0.2) is 134 Å². The Kier molecular flexibility index (Phi) is 6.88. The summed E-state index contributed by atoms with van der Waals surface area (Å²) in [6, 6.07) is 25.2. The average molecular weight is 731 g/mol. The van der Waals surface area contributed by atoms with Gasteiger partial charge in [-0.2, -0.15) is 0 Å². The highest BCUT2D eigenvalue weighted by Crippen LogP contribution is 2.53. The van der Waals surface area contributed by atoms with Gasteiger partial charge in [0.15, 0.2) is 0 Å². The van der Waals surface area contributed by atoms with E-state index in [2.05, 4.69) is 31.9 Å². The second-order valence-electron chi connectivity index (χ2n) is 7.99. The highest BCUT2D eigenvalue weighted by Gasteiger charge is 2.53. The number of rotatable bonds is 4. The maximum atomic E-state index is 13.8. The molecule has 0 saturated heterocycles. The van der Waals surface area contributed by atoms with Crippen LogP contribution in [-0.2, 0) is 19.7 Å². The van der Waals surface area contributed by atoms with E-state index in [0.717, 1.165) is 39.2 Å². The van der Waals surface area contributed by atoms with Crippen molar-refractivity contribution in [3.05, 3.63) is 84.9 Å². The van der Waals surface area contributed by atoms with Crippen molar-refractivity contribution >= 4 is 98.6 Å². The Morgan fingerprint density at radius 1 is 0.459 bits per heavy atom. The van der Waals surface area contributed by atoms with Gasteiger partial charge in [-0.15, -0.1) is 0 Å². The van der Waals surface area contributed by atoms with E-state index in [9.17, 15) is 16.8 Å². The highest BCUT2D eigenvalue weighted by molar-refractivity contribution is 9.30. The Hall–Kier alpha value is -0.860. The second kappa shape index (κ2) is 9.65. The van der Waals surface area contributed by atoms with Gasteiger partial charge in [-0.05, 0) is 92.5 Å². The van der Waals surface area contributed by atoms with E-state index in [1.807, 2.05) is 48.5 Å². The molecule has 0 spiro atoms. The largest absolute Gasteiger partial charge is 0.289 e. The maximum Gasteiger partial charge on any atom is 0.289 e. The molecule has 0 atom stereocenters. The fraction of sp³-hybridized carbons (Fsp3) is 0.0400.